The van der Waals surface area contributed by atoms with Gasteiger partial charge in [-0.05, 0) is 38.3 Å². The number of carboxylic acid groups (broad SMARTS) is 1. The molecule has 0 saturated heterocycles. The van der Waals surface area contributed by atoms with Crippen molar-refractivity contribution in [2.24, 2.45) is 11.8 Å². The summed E-state index contributed by atoms with van der Waals surface area (Å²) in [5, 5.41) is 11.9. The molecular weight excluding hydrogens is 274 g/mol. The van der Waals surface area contributed by atoms with E-state index in [0.29, 0.717) is 31.6 Å². The van der Waals surface area contributed by atoms with Gasteiger partial charge in [0, 0.05) is 13.0 Å². The maximum Gasteiger partial charge on any atom is 0.306 e. The molecule has 1 aromatic rings. The van der Waals surface area contributed by atoms with Crippen molar-refractivity contribution in [1.29, 1.82) is 0 Å². The zero-order valence-electron chi connectivity index (χ0n) is 12.3. The van der Waals surface area contributed by atoms with Crippen LogP contribution in [0.15, 0.2) is 16.5 Å². The van der Waals surface area contributed by atoms with Crippen LogP contribution in [0, 0.1) is 18.8 Å². The van der Waals surface area contributed by atoms with Gasteiger partial charge in [-0.3, -0.25) is 9.59 Å². The maximum absolute atomic E-state index is 12.3. The Labute approximate surface area is 123 Å². The minimum atomic E-state index is -0.819. The molecule has 1 aliphatic carbocycles. The number of amides is 1. The van der Waals surface area contributed by atoms with Gasteiger partial charge >= 0.3 is 5.97 Å². The van der Waals surface area contributed by atoms with Gasteiger partial charge in [0.25, 0.3) is 0 Å². The van der Waals surface area contributed by atoms with Gasteiger partial charge < -0.3 is 19.6 Å². The summed E-state index contributed by atoms with van der Waals surface area (Å²) in [5.74, 6) is -0.188. The Bertz CT molecular complexity index is 510. The zero-order valence-corrected chi connectivity index (χ0v) is 12.3. The van der Waals surface area contributed by atoms with Crippen LogP contribution in [-0.2, 0) is 14.3 Å². The lowest BCUT2D eigenvalue weighted by molar-refractivity contribution is -0.141. The first kappa shape index (κ1) is 15.6. The molecule has 0 bridgehead atoms. The van der Waals surface area contributed by atoms with Crippen LogP contribution in [0.4, 0.5) is 0 Å². The molecule has 1 saturated carbocycles. The molecule has 0 radical (unpaired) electrons. The summed E-state index contributed by atoms with van der Waals surface area (Å²) in [6, 6.07) is 3.30. The predicted octanol–water partition coefficient (Wildman–Crippen LogP) is 1.89. The van der Waals surface area contributed by atoms with Crippen LogP contribution in [0.1, 0.15) is 36.8 Å². The largest absolute Gasteiger partial charge is 0.481 e. The Kier molecular flexibility index (Phi) is 5.01. The second kappa shape index (κ2) is 6.76. The van der Waals surface area contributed by atoms with Gasteiger partial charge in [-0.15, -0.1) is 0 Å². The number of carbonyl (C=O) groups is 2. The number of nitrogens with one attached hydrogen (secondary N) is 1. The number of ether oxygens (including phenoxy) is 1. The molecule has 3 atom stereocenters. The smallest absolute Gasteiger partial charge is 0.306 e. The minimum absolute atomic E-state index is 0.130. The molecule has 0 aromatic carbocycles. The van der Waals surface area contributed by atoms with Crippen molar-refractivity contribution in [2.75, 3.05) is 13.7 Å². The summed E-state index contributed by atoms with van der Waals surface area (Å²) in [5.41, 5.74) is 0. The SMILES string of the molecule is COCC(NC(=O)[C@@H]1CC[C@H](C(=O)O)C1)c1ccc(C)o1. The van der Waals surface area contributed by atoms with Gasteiger partial charge in [-0.2, -0.15) is 0 Å². The molecule has 1 fully saturated rings. The number of carboxylic acids is 1. The Morgan fingerprint density at radius 3 is 2.67 bits per heavy atom. The van der Waals surface area contributed by atoms with Crippen molar-refractivity contribution in [1.82, 2.24) is 5.32 Å². The lowest BCUT2D eigenvalue weighted by Gasteiger charge is -2.18. The Hall–Kier alpha value is -1.82. The molecule has 6 heteroatoms. The number of carbonyl (C=O) groups excluding carboxylic acids is 1. The van der Waals surface area contributed by atoms with Crippen LogP contribution in [0.2, 0.25) is 0 Å². The van der Waals surface area contributed by atoms with E-state index >= 15 is 0 Å². The number of aliphatic carboxylic acids is 1. The summed E-state index contributed by atoms with van der Waals surface area (Å²) >= 11 is 0. The monoisotopic (exact) mass is 295 g/mol. The van der Waals surface area contributed by atoms with Crippen molar-refractivity contribution in [3.63, 3.8) is 0 Å². The van der Waals surface area contributed by atoms with E-state index in [9.17, 15) is 9.59 Å². The van der Waals surface area contributed by atoms with Gasteiger partial charge in [0.2, 0.25) is 5.91 Å². The fourth-order valence-electron chi connectivity index (χ4n) is 2.74. The first-order chi connectivity index (χ1) is 10.0. The van der Waals surface area contributed by atoms with Crippen molar-refractivity contribution >= 4 is 11.9 Å². The van der Waals surface area contributed by atoms with Crippen molar-refractivity contribution in [3.8, 4) is 0 Å². The van der Waals surface area contributed by atoms with E-state index in [4.69, 9.17) is 14.3 Å². The van der Waals surface area contributed by atoms with Gasteiger partial charge in [0.1, 0.15) is 17.6 Å². The highest BCUT2D eigenvalue weighted by Gasteiger charge is 2.34. The fourth-order valence-corrected chi connectivity index (χ4v) is 2.74. The van der Waals surface area contributed by atoms with Gasteiger partial charge in [0.15, 0.2) is 0 Å². The molecule has 1 aliphatic rings. The van der Waals surface area contributed by atoms with E-state index in [1.54, 1.807) is 7.11 Å². The number of furan rings is 1. The lowest BCUT2D eigenvalue weighted by atomic mass is 10.0. The van der Waals surface area contributed by atoms with Crippen molar-refractivity contribution in [2.45, 2.75) is 32.2 Å². The predicted molar refractivity (Wildman–Crippen MR) is 74.7 cm³/mol. The number of hydrogen-bond acceptors (Lipinski definition) is 4. The Balaban J connectivity index is 1.97. The summed E-state index contributed by atoms with van der Waals surface area (Å²) in [4.78, 5) is 23.2. The number of rotatable bonds is 6. The Morgan fingerprint density at radius 1 is 1.43 bits per heavy atom. The summed E-state index contributed by atoms with van der Waals surface area (Å²) in [6.45, 7) is 2.15. The second-order valence-electron chi connectivity index (χ2n) is 5.51. The zero-order chi connectivity index (χ0) is 15.4. The molecule has 116 valence electrons. The van der Waals surface area contributed by atoms with E-state index in [1.807, 2.05) is 19.1 Å². The molecule has 1 aromatic heterocycles. The molecule has 1 heterocycles. The van der Waals surface area contributed by atoms with E-state index in [2.05, 4.69) is 5.32 Å². The summed E-state index contributed by atoms with van der Waals surface area (Å²) in [6.07, 6.45) is 1.57. The van der Waals surface area contributed by atoms with Crippen LogP contribution in [-0.4, -0.2) is 30.7 Å². The maximum atomic E-state index is 12.3. The standard InChI is InChI=1S/C15H21NO5/c1-9-3-6-13(21-9)12(8-20-2)16-14(17)10-4-5-11(7-10)15(18)19/h3,6,10-12H,4-5,7-8H2,1-2H3,(H,16,17)(H,18,19)/t10-,11+,12?/m1/s1. The average Bonchev–Trinajstić information content (AvgIpc) is 3.06. The summed E-state index contributed by atoms with van der Waals surface area (Å²) < 4.78 is 10.7. The third-order valence-corrected chi connectivity index (χ3v) is 3.91. The first-order valence-corrected chi connectivity index (χ1v) is 7.09. The van der Waals surface area contributed by atoms with Crippen LogP contribution >= 0.6 is 0 Å². The number of hydrogen-bond donors (Lipinski definition) is 2. The molecule has 21 heavy (non-hydrogen) atoms. The number of methoxy groups -OCH3 is 1. The van der Waals surface area contributed by atoms with Gasteiger partial charge in [0.05, 0.1) is 12.5 Å². The van der Waals surface area contributed by atoms with E-state index in [1.165, 1.54) is 0 Å². The topological polar surface area (TPSA) is 88.8 Å². The van der Waals surface area contributed by atoms with Crippen LogP contribution in [0.25, 0.3) is 0 Å². The highest BCUT2D eigenvalue weighted by molar-refractivity contribution is 5.81. The fraction of sp³-hybridized carbons (Fsp3) is 0.600. The van der Waals surface area contributed by atoms with E-state index in [0.717, 1.165) is 5.76 Å². The third kappa shape index (κ3) is 3.85. The van der Waals surface area contributed by atoms with E-state index < -0.39 is 11.9 Å². The minimum Gasteiger partial charge on any atom is -0.481 e. The molecule has 1 unspecified atom stereocenters. The van der Waals surface area contributed by atoms with Crippen LogP contribution < -0.4 is 5.32 Å². The quantitative estimate of drug-likeness (QED) is 0.836. The summed E-state index contributed by atoms with van der Waals surface area (Å²) in [7, 11) is 1.56. The molecule has 6 nitrogen and oxygen atoms in total. The highest BCUT2D eigenvalue weighted by atomic mass is 16.5. The van der Waals surface area contributed by atoms with Gasteiger partial charge in [-0.1, -0.05) is 0 Å². The molecule has 0 spiro atoms. The highest BCUT2D eigenvalue weighted by Crippen LogP contribution is 2.31. The van der Waals surface area contributed by atoms with Gasteiger partial charge in [-0.25, -0.2) is 0 Å². The first-order valence-electron chi connectivity index (χ1n) is 7.09. The molecular formula is C15H21NO5. The van der Waals surface area contributed by atoms with Crippen molar-refractivity contribution < 1.29 is 23.8 Å². The molecule has 2 rings (SSSR count). The Morgan fingerprint density at radius 2 is 2.14 bits per heavy atom. The average molecular weight is 295 g/mol. The number of aryl methyl sites for hydroxylation is 1. The lowest BCUT2D eigenvalue weighted by Crippen LogP contribution is -2.35. The molecule has 1 amide bonds. The van der Waals surface area contributed by atoms with E-state index in [-0.39, 0.29) is 17.9 Å². The van der Waals surface area contributed by atoms with Crippen LogP contribution in [0.5, 0.6) is 0 Å². The third-order valence-electron chi connectivity index (χ3n) is 3.91. The molecule has 2 N–H and O–H groups in total. The van der Waals surface area contributed by atoms with Crippen LogP contribution in [0.3, 0.4) is 0 Å². The van der Waals surface area contributed by atoms with Crippen molar-refractivity contribution in [3.05, 3.63) is 23.7 Å². The molecule has 0 aliphatic heterocycles. The second-order valence-corrected chi connectivity index (χ2v) is 5.51. The normalized spacial score (nSPS) is 23.0.